The van der Waals surface area contributed by atoms with Crippen molar-refractivity contribution in [3.63, 3.8) is 0 Å². The van der Waals surface area contributed by atoms with Gasteiger partial charge in [-0.15, -0.1) is 0 Å². The van der Waals surface area contributed by atoms with Gasteiger partial charge in [0.2, 0.25) is 11.9 Å². The monoisotopic (exact) mass is 310 g/mol. The largest absolute Gasteiger partial charge is 0.479 e. The molecule has 0 aromatic heterocycles. The fraction of sp³-hybridized carbons (Fsp3) is 0.615. The molecule has 0 aromatic carbocycles. The van der Waals surface area contributed by atoms with Gasteiger partial charge in [0.15, 0.2) is 6.54 Å². The zero-order chi connectivity index (χ0) is 16.6. The molecule has 0 saturated carbocycles. The number of amidine groups is 1. The van der Waals surface area contributed by atoms with E-state index in [4.69, 9.17) is 5.11 Å². The first-order valence-corrected chi connectivity index (χ1v) is 7.03. The van der Waals surface area contributed by atoms with Crippen molar-refractivity contribution in [1.29, 1.82) is 0 Å². The highest BCUT2D eigenvalue weighted by molar-refractivity contribution is 6.22. The third-order valence-corrected chi connectivity index (χ3v) is 3.82. The van der Waals surface area contributed by atoms with Gasteiger partial charge in [0.25, 0.3) is 5.91 Å². The quantitative estimate of drug-likeness (QED) is 0.657. The number of hydrogen-bond donors (Lipinski definition) is 2. The summed E-state index contributed by atoms with van der Waals surface area (Å²) >= 11 is 0. The molecule has 0 bridgehead atoms. The fourth-order valence-corrected chi connectivity index (χ4v) is 2.35. The molecule has 1 fully saturated rings. The summed E-state index contributed by atoms with van der Waals surface area (Å²) < 4.78 is 1.38. The van der Waals surface area contributed by atoms with Gasteiger partial charge < -0.3 is 5.11 Å². The Kier molecular flexibility index (Phi) is 4.16. The number of aliphatic carboxylic acids is 1. The van der Waals surface area contributed by atoms with E-state index in [1.54, 1.807) is 0 Å². The average molecular weight is 310 g/mol. The second-order valence-corrected chi connectivity index (χ2v) is 5.41. The Balaban J connectivity index is 2.45. The molecule has 120 valence electrons. The number of carbonyl (C=O) groups is 3. The lowest BCUT2D eigenvalue weighted by Crippen LogP contribution is -2.62. The van der Waals surface area contributed by atoms with Crippen molar-refractivity contribution in [2.75, 3.05) is 20.6 Å². The van der Waals surface area contributed by atoms with E-state index in [0.29, 0.717) is 5.96 Å². The predicted molar refractivity (Wildman–Crippen MR) is 77.8 cm³/mol. The van der Waals surface area contributed by atoms with Crippen molar-refractivity contribution in [3.8, 4) is 0 Å². The van der Waals surface area contributed by atoms with E-state index in [2.05, 4.69) is 10.3 Å². The summed E-state index contributed by atoms with van der Waals surface area (Å²) in [5, 5.41) is 12.2. The minimum Gasteiger partial charge on any atom is -0.479 e. The predicted octanol–water partition coefficient (Wildman–Crippen LogP) is -0.868. The van der Waals surface area contributed by atoms with Crippen LogP contribution in [0.15, 0.2) is 4.99 Å². The molecular weight excluding hydrogens is 290 g/mol. The van der Waals surface area contributed by atoms with E-state index < -0.39 is 23.9 Å². The molecule has 2 unspecified atom stereocenters. The first-order valence-electron chi connectivity index (χ1n) is 7.03. The number of imide groups is 1. The molecule has 0 aliphatic carbocycles. The lowest BCUT2D eigenvalue weighted by Gasteiger charge is -2.31. The van der Waals surface area contributed by atoms with Crippen LogP contribution in [0.2, 0.25) is 0 Å². The highest BCUT2D eigenvalue weighted by Gasteiger charge is 2.51. The molecular formula is C13H20N5O4+. The number of nitrogens with one attached hydrogen (secondary N) is 1. The van der Waals surface area contributed by atoms with Gasteiger partial charge in [-0.05, 0) is 13.3 Å². The normalized spacial score (nSPS) is 22.7. The van der Waals surface area contributed by atoms with Crippen LogP contribution in [-0.4, -0.2) is 81.9 Å². The van der Waals surface area contributed by atoms with Crippen molar-refractivity contribution in [2.24, 2.45) is 4.99 Å². The SMILES string of the molecule is CCC(C)NC1=[N+](CC(=O)O)C2C(=O)N(C)C(=O)N(C)C2=N1. The molecule has 2 heterocycles. The number of carbonyl (C=O) groups excluding carboxylic acids is 2. The number of nitrogens with zero attached hydrogens (tertiary/aromatic N) is 4. The van der Waals surface area contributed by atoms with Crippen LogP contribution in [0.3, 0.4) is 0 Å². The zero-order valence-corrected chi connectivity index (χ0v) is 13.0. The van der Waals surface area contributed by atoms with E-state index in [9.17, 15) is 14.4 Å². The summed E-state index contributed by atoms with van der Waals surface area (Å²) in [4.78, 5) is 42.0. The van der Waals surface area contributed by atoms with Crippen LogP contribution < -0.4 is 5.32 Å². The number of rotatable bonds is 4. The number of hydrogen-bond acceptors (Lipinski definition) is 5. The summed E-state index contributed by atoms with van der Waals surface area (Å²) in [5.74, 6) is -1.00. The Morgan fingerprint density at radius 2 is 2.05 bits per heavy atom. The van der Waals surface area contributed by atoms with Crippen molar-refractivity contribution in [3.05, 3.63) is 0 Å². The van der Waals surface area contributed by atoms with E-state index >= 15 is 0 Å². The molecule has 2 aliphatic rings. The molecule has 2 rings (SSSR count). The molecule has 0 radical (unpaired) electrons. The van der Waals surface area contributed by atoms with Crippen LogP contribution in [0, 0.1) is 0 Å². The van der Waals surface area contributed by atoms with Gasteiger partial charge in [0, 0.05) is 14.1 Å². The Morgan fingerprint density at radius 3 is 2.59 bits per heavy atom. The maximum absolute atomic E-state index is 12.4. The maximum atomic E-state index is 12.4. The van der Waals surface area contributed by atoms with Gasteiger partial charge in [-0.25, -0.2) is 14.2 Å². The molecule has 2 atom stereocenters. The summed E-state index contributed by atoms with van der Waals surface area (Å²) in [7, 11) is 2.89. The first kappa shape index (κ1) is 15.9. The van der Waals surface area contributed by atoms with Crippen LogP contribution in [-0.2, 0) is 9.59 Å². The smallest absolute Gasteiger partial charge is 0.390 e. The Morgan fingerprint density at radius 1 is 1.41 bits per heavy atom. The van der Waals surface area contributed by atoms with E-state index in [1.165, 1.54) is 23.6 Å². The van der Waals surface area contributed by atoms with Crippen molar-refractivity contribution >= 4 is 29.7 Å². The van der Waals surface area contributed by atoms with Gasteiger partial charge in [0.05, 0.1) is 6.04 Å². The Bertz CT molecular complexity index is 597. The third kappa shape index (κ3) is 2.53. The third-order valence-electron chi connectivity index (χ3n) is 3.82. The van der Waals surface area contributed by atoms with Crippen LogP contribution in [0.5, 0.6) is 0 Å². The summed E-state index contributed by atoms with van der Waals surface area (Å²) in [6, 6.07) is -1.32. The van der Waals surface area contributed by atoms with Crippen LogP contribution >= 0.6 is 0 Å². The first-order chi connectivity index (χ1) is 10.3. The molecule has 3 amide bonds. The zero-order valence-electron chi connectivity index (χ0n) is 13.0. The van der Waals surface area contributed by atoms with Gasteiger partial charge >= 0.3 is 18.0 Å². The van der Waals surface area contributed by atoms with E-state index in [-0.39, 0.29) is 18.4 Å². The summed E-state index contributed by atoms with van der Waals surface area (Å²) in [5.41, 5.74) is 0. The maximum Gasteiger partial charge on any atom is 0.390 e. The minimum atomic E-state index is -1.07. The highest BCUT2D eigenvalue weighted by atomic mass is 16.4. The lowest BCUT2D eigenvalue weighted by molar-refractivity contribution is -0.527. The second-order valence-electron chi connectivity index (χ2n) is 5.41. The van der Waals surface area contributed by atoms with E-state index in [0.717, 1.165) is 11.3 Å². The van der Waals surface area contributed by atoms with Crippen molar-refractivity contribution in [1.82, 2.24) is 15.1 Å². The molecule has 22 heavy (non-hydrogen) atoms. The number of fused-ring (bicyclic) bond motifs is 1. The molecule has 0 aromatic rings. The van der Waals surface area contributed by atoms with Crippen molar-refractivity contribution in [2.45, 2.75) is 32.4 Å². The Hall–Kier alpha value is -2.45. The van der Waals surface area contributed by atoms with Crippen LogP contribution in [0.4, 0.5) is 4.79 Å². The average Bonchev–Trinajstić information content (AvgIpc) is 2.80. The van der Waals surface area contributed by atoms with E-state index in [1.807, 2.05) is 13.8 Å². The van der Waals surface area contributed by atoms with Gasteiger partial charge in [-0.1, -0.05) is 11.9 Å². The molecule has 1 saturated heterocycles. The number of likely N-dealkylation sites (N-methyl/N-ethyl adjacent to an activating group) is 2. The summed E-state index contributed by atoms with van der Waals surface area (Å²) in [6.07, 6.45) is 0.808. The minimum absolute atomic E-state index is 0.0598. The second kappa shape index (κ2) is 5.74. The number of guanidine groups is 1. The van der Waals surface area contributed by atoms with Gasteiger partial charge in [0.1, 0.15) is 0 Å². The topological polar surface area (TPSA) is 105 Å². The number of urea groups is 1. The summed E-state index contributed by atoms with van der Waals surface area (Å²) in [6.45, 7) is 3.53. The fourth-order valence-electron chi connectivity index (χ4n) is 2.35. The van der Waals surface area contributed by atoms with Crippen molar-refractivity contribution < 1.29 is 24.1 Å². The van der Waals surface area contributed by atoms with Crippen LogP contribution in [0.1, 0.15) is 20.3 Å². The number of amides is 3. The highest BCUT2D eigenvalue weighted by Crippen LogP contribution is 2.18. The number of carboxylic acid groups (broad SMARTS) is 1. The van der Waals surface area contributed by atoms with Gasteiger partial charge in [-0.2, -0.15) is 0 Å². The molecule has 2 aliphatic heterocycles. The lowest BCUT2D eigenvalue weighted by atomic mass is 10.1. The van der Waals surface area contributed by atoms with Crippen LogP contribution in [0.25, 0.3) is 0 Å². The number of carboxylic acids is 1. The number of aliphatic imine (C=N–C) groups is 1. The molecule has 0 spiro atoms. The standard InChI is InChI=1S/C13H19N5O4/c1-5-7(2)14-12-15-10-9(18(12)6-8(19)20)11(21)17(4)13(22)16(10)3/h7,9H,5-6H2,1-4H3,(H,19,20)/p+1. The van der Waals surface area contributed by atoms with Gasteiger partial charge in [-0.3, -0.25) is 19.9 Å². The Labute approximate surface area is 127 Å². The molecule has 9 nitrogen and oxygen atoms in total. The molecule has 9 heteroatoms. The molecule has 2 N–H and O–H groups in total.